The molecule has 4 atom stereocenters. The Morgan fingerprint density at radius 1 is 1.20 bits per heavy atom. The lowest BCUT2D eigenvalue weighted by molar-refractivity contribution is -0.917. The summed E-state index contributed by atoms with van der Waals surface area (Å²) in [5.74, 6) is 1.68. The van der Waals surface area contributed by atoms with Gasteiger partial charge in [-0.05, 0) is 30.6 Å². The molecule has 2 fully saturated rings. The van der Waals surface area contributed by atoms with Crippen LogP contribution in [0.4, 0.5) is 0 Å². The van der Waals surface area contributed by atoms with Crippen molar-refractivity contribution in [2.24, 2.45) is 17.3 Å². The smallest absolute Gasteiger partial charge is 0.112 e. The van der Waals surface area contributed by atoms with Crippen molar-refractivity contribution in [1.29, 1.82) is 0 Å². The van der Waals surface area contributed by atoms with E-state index in [1.165, 1.54) is 11.3 Å². The molecular weight excluding hydrogens is 188 g/mol. The number of fused-ring (bicyclic) bond motifs is 1. The molecule has 2 aliphatic rings. The summed E-state index contributed by atoms with van der Waals surface area (Å²) in [7, 11) is 4.39. The zero-order valence-electron chi connectivity index (χ0n) is 10.6. The molecule has 0 heterocycles. The molecule has 0 bridgehead atoms. The van der Waals surface area contributed by atoms with E-state index in [0.29, 0.717) is 5.41 Å². The molecule has 0 saturated heterocycles. The number of hydrogen-bond acceptors (Lipinski definition) is 2. The maximum absolute atomic E-state index is 9.32. The number of rotatable bonds is 2. The van der Waals surface area contributed by atoms with Gasteiger partial charge in [0.05, 0.1) is 20.1 Å². The highest BCUT2D eigenvalue weighted by Crippen LogP contribution is 2.65. The second-order valence-corrected chi connectivity index (χ2v) is 6.57. The molecule has 0 aliphatic heterocycles. The molecular formula is C12H25N2O+. The van der Waals surface area contributed by atoms with E-state index in [-0.39, 0.29) is 11.6 Å². The van der Waals surface area contributed by atoms with Crippen LogP contribution in [-0.2, 0) is 0 Å². The first-order valence-corrected chi connectivity index (χ1v) is 6.04. The average Bonchev–Trinajstić information content (AvgIpc) is 2.66. The summed E-state index contributed by atoms with van der Waals surface area (Å²) in [5.41, 5.74) is 3.22. The monoisotopic (exact) mass is 213 g/mol. The number of nitrogens with one attached hydrogen (secondary N) is 2. The fraction of sp³-hybridized carbons (Fsp3) is 1.00. The van der Waals surface area contributed by atoms with E-state index in [9.17, 15) is 5.21 Å². The van der Waals surface area contributed by atoms with Crippen LogP contribution in [0.3, 0.4) is 0 Å². The molecule has 0 aromatic rings. The number of quaternary nitrogens is 1. The van der Waals surface area contributed by atoms with Gasteiger partial charge in [-0.25, -0.2) is 0 Å². The molecule has 3 nitrogen and oxygen atoms in total. The zero-order valence-corrected chi connectivity index (χ0v) is 10.6. The van der Waals surface area contributed by atoms with Gasteiger partial charge in [0.25, 0.3) is 0 Å². The van der Waals surface area contributed by atoms with E-state index in [2.05, 4.69) is 40.3 Å². The van der Waals surface area contributed by atoms with Crippen LogP contribution in [0.2, 0.25) is 0 Å². The Kier molecular flexibility index (Phi) is 2.42. The maximum Gasteiger partial charge on any atom is 0.112 e. The molecule has 0 aromatic heterocycles. The lowest BCUT2D eigenvalue weighted by atomic mass is 9.78. The molecule has 0 radical (unpaired) electrons. The van der Waals surface area contributed by atoms with Crippen molar-refractivity contribution in [3.8, 4) is 0 Å². The first-order valence-electron chi connectivity index (χ1n) is 6.04. The standard InChI is InChI=1S/C12H24N2O/c1-11(2)8-6-10(13-15)12(3,14(4)5)7-9(8)11/h8-10,13,15H,6-7H2,1-5H3/p+1. The summed E-state index contributed by atoms with van der Waals surface area (Å²) < 4.78 is 0. The van der Waals surface area contributed by atoms with Crippen LogP contribution in [0.25, 0.3) is 0 Å². The summed E-state index contributed by atoms with van der Waals surface area (Å²) in [4.78, 5) is 1.44. The second kappa shape index (κ2) is 3.19. The largest absolute Gasteiger partial charge is 0.334 e. The topological polar surface area (TPSA) is 36.7 Å². The van der Waals surface area contributed by atoms with E-state index in [1.54, 1.807) is 0 Å². The van der Waals surface area contributed by atoms with Crippen LogP contribution in [-0.4, -0.2) is 30.9 Å². The predicted octanol–water partition coefficient (Wildman–Crippen LogP) is 0.303. The summed E-state index contributed by atoms with van der Waals surface area (Å²) in [6.07, 6.45) is 2.35. The molecule has 2 rings (SSSR count). The van der Waals surface area contributed by atoms with Crippen molar-refractivity contribution in [2.75, 3.05) is 14.1 Å². The van der Waals surface area contributed by atoms with Crippen LogP contribution >= 0.6 is 0 Å². The molecule has 3 N–H and O–H groups in total. The highest BCUT2D eigenvalue weighted by Gasteiger charge is 2.65. The van der Waals surface area contributed by atoms with Gasteiger partial charge in [-0.1, -0.05) is 13.8 Å². The van der Waals surface area contributed by atoms with Gasteiger partial charge in [0.15, 0.2) is 0 Å². The van der Waals surface area contributed by atoms with Crippen molar-refractivity contribution in [3.63, 3.8) is 0 Å². The third-order valence-corrected chi connectivity index (χ3v) is 5.49. The Balaban J connectivity index is 2.19. The third kappa shape index (κ3) is 1.44. The van der Waals surface area contributed by atoms with Gasteiger partial charge < -0.3 is 10.1 Å². The Bertz CT molecular complexity index is 264. The molecule has 3 heteroatoms. The highest BCUT2D eigenvalue weighted by molar-refractivity contribution is 5.13. The van der Waals surface area contributed by atoms with E-state index >= 15 is 0 Å². The summed E-state index contributed by atoms with van der Waals surface area (Å²) >= 11 is 0. The average molecular weight is 213 g/mol. The van der Waals surface area contributed by atoms with Gasteiger partial charge in [-0.3, -0.25) is 0 Å². The number of hydroxylamine groups is 1. The first-order chi connectivity index (χ1) is 6.84. The van der Waals surface area contributed by atoms with E-state index in [1.807, 2.05) is 0 Å². The Hall–Kier alpha value is -0.120. The van der Waals surface area contributed by atoms with Crippen LogP contribution in [0.5, 0.6) is 0 Å². The molecule has 0 spiro atoms. The van der Waals surface area contributed by atoms with Crippen molar-refractivity contribution in [3.05, 3.63) is 0 Å². The fourth-order valence-electron chi connectivity index (χ4n) is 3.59. The minimum Gasteiger partial charge on any atom is -0.334 e. The third-order valence-electron chi connectivity index (χ3n) is 5.49. The Morgan fingerprint density at radius 2 is 1.80 bits per heavy atom. The molecule has 2 saturated carbocycles. The van der Waals surface area contributed by atoms with Crippen LogP contribution in [0.15, 0.2) is 0 Å². The summed E-state index contributed by atoms with van der Waals surface area (Å²) in [6.45, 7) is 7.03. The molecule has 0 amide bonds. The van der Waals surface area contributed by atoms with Crippen LogP contribution in [0.1, 0.15) is 33.6 Å². The highest BCUT2D eigenvalue weighted by atomic mass is 16.5. The molecule has 2 aliphatic carbocycles. The lowest BCUT2D eigenvalue weighted by Crippen LogP contribution is -3.17. The van der Waals surface area contributed by atoms with Crippen molar-refractivity contribution in [1.82, 2.24) is 5.48 Å². The first kappa shape index (κ1) is 11.4. The SMILES string of the molecule is C[NH+](C)C1(C)CC2C(CC1NO)C2(C)C. The molecule has 4 unspecified atom stereocenters. The van der Waals surface area contributed by atoms with Gasteiger partial charge in [0.2, 0.25) is 0 Å². The quantitative estimate of drug-likeness (QED) is 0.577. The lowest BCUT2D eigenvalue weighted by Gasteiger charge is -2.42. The normalized spacial score (nSPS) is 47.8. The fourth-order valence-corrected chi connectivity index (χ4v) is 3.59. The summed E-state index contributed by atoms with van der Waals surface area (Å²) in [6, 6.07) is 0.241. The van der Waals surface area contributed by atoms with E-state index < -0.39 is 0 Å². The summed E-state index contributed by atoms with van der Waals surface area (Å²) in [5, 5.41) is 9.32. The van der Waals surface area contributed by atoms with Gasteiger partial charge in [-0.15, -0.1) is 0 Å². The minimum absolute atomic E-state index is 0.170. The van der Waals surface area contributed by atoms with Crippen LogP contribution in [0, 0.1) is 17.3 Å². The van der Waals surface area contributed by atoms with Crippen molar-refractivity contribution in [2.45, 2.75) is 45.2 Å². The molecule has 0 aromatic carbocycles. The number of hydrogen-bond donors (Lipinski definition) is 3. The van der Waals surface area contributed by atoms with Gasteiger partial charge in [0, 0.05) is 6.42 Å². The van der Waals surface area contributed by atoms with Gasteiger partial charge in [-0.2, -0.15) is 5.48 Å². The predicted molar refractivity (Wildman–Crippen MR) is 59.9 cm³/mol. The molecule has 15 heavy (non-hydrogen) atoms. The minimum atomic E-state index is 0.170. The Labute approximate surface area is 92.8 Å². The molecule has 88 valence electrons. The van der Waals surface area contributed by atoms with E-state index in [4.69, 9.17) is 0 Å². The maximum atomic E-state index is 9.32. The Morgan fingerprint density at radius 3 is 2.27 bits per heavy atom. The zero-order chi connectivity index (χ0) is 11.4. The van der Waals surface area contributed by atoms with Crippen molar-refractivity contribution >= 4 is 0 Å². The second-order valence-electron chi connectivity index (χ2n) is 6.57. The van der Waals surface area contributed by atoms with Gasteiger partial charge in [0.1, 0.15) is 5.54 Å². The van der Waals surface area contributed by atoms with Gasteiger partial charge >= 0.3 is 0 Å². The number of likely N-dealkylation sites (N-methyl/N-ethyl adjacent to an activating group) is 1. The van der Waals surface area contributed by atoms with E-state index in [0.717, 1.165) is 18.3 Å². The van der Waals surface area contributed by atoms with Crippen molar-refractivity contribution < 1.29 is 10.1 Å². The van der Waals surface area contributed by atoms with Crippen LogP contribution < -0.4 is 10.4 Å².